The van der Waals surface area contributed by atoms with E-state index in [1.165, 1.54) is 12.8 Å². The van der Waals surface area contributed by atoms with E-state index in [1.54, 1.807) is 6.07 Å². The summed E-state index contributed by atoms with van der Waals surface area (Å²) < 4.78 is 0. The summed E-state index contributed by atoms with van der Waals surface area (Å²) in [4.78, 5) is 16.7. The molecule has 4 heteroatoms. The van der Waals surface area contributed by atoms with Crippen LogP contribution in [0.3, 0.4) is 0 Å². The van der Waals surface area contributed by atoms with E-state index in [4.69, 9.17) is 0 Å². The molecule has 0 aliphatic heterocycles. The highest BCUT2D eigenvalue weighted by molar-refractivity contribution is 5.95. The molecule has 1 heterocycles. The minimum Gasteiger partial charge on any atom is -0.373 e. The second-order valence-corrected chi connectivity index (χ2v) is 6.11. The Bertz CT molecular complexity index is 487. The summed E-state index contributed by atoms with van der Waals surface area (Å²) in [5, 5.41) is 6.18. The molecule has 1 amide bonds. The van der Waals surface area contributed by atoms with Crippen molar-refractivity contribution in [1.82, 2.24) is 10.3 Å². The van der Waals surface area contributed by atoms with Crippen LogP contribution < -0.4 is 10.6 Å². The molecule has 2 N–H and O–H groups in total. The van der Waals surface area contributed by atoms with Crippen LogP contribution in [0, 0.1) is 18.8 Å². The number of aryl methyl sites for hydroxylation is 1. The van der Waals surface area contributed by atoms with Crippen molar-refractivity contribution >= 4 is 11.7 Å². The fourth-order valence-electron chi connectivity index (χ4n) is 3.06. The molecule has 1 aromatic heterocycles. The third-order valence-electron chi connectivity index (χ3n) is 4.22. The molecule has 4 nitrogen and oxygen atoms in total. The standard InChI is InChI=1S/C16H25N3O/c1-10-5-6-14(11(2)7-10)19-16(20)13-8-12(3)18-15(9-13)17-4/h8-11,14H,5-7H2,1-4H3,(H,17,18)(H,19,20). The number of amides is 1. The number of rotatable bonds is 3. The second kappa shape index (κ2) is 6.25. The van der Waals surface area contributed by atoms with Gasteiger partial charge in [-0.15, -0.1) is 0 Å². The van der Waals surface area contributed by atoms with E-state index >= 15 is 0 Å². The van der Waals surface area contributed by atoms with Crippen LogP contribution in [-0.4, -0.2) is 24.0 Å². The lowest BCUT2D eigenvalue weighted by Crippen LogP contribution is -2.42. The maximum absolute atomic E-state index is 12.4. The molecule has 0 aromatic carbocycles. The van der Waals surface area contributed by atoms with Gasteiger partial charge in [0.25, 0.3) is 5.91 Å². The van der Waals surface area contributed by atoms with Crippen LogP contribution in [-0.2, 0) is 0 Å². The smallest absolute Gasteiger partial charge is 0.251 e. The number of carbonyl (C=O) groups excluding carboxylic acids is 1. The Labute approximate surface area is 121 Å². The Morgan fingerprint density at radius 1 is 1.30 bits per heavy atom. The third-order valence-corrected chi connectivity index (χ3v) is 4.22. The van der Waals surface area contributed by atoms with Crippen LogP contribution in [0.4, 0.5) is 5.82 Å². The van der Waals surface area contributed by atoms with Crippen molar-refractivity contribution in [2.45, 2.75) is 46.1 Å². The molecule has 0 radical (unpaired) electrons. The fraction of sp³-hybridized carbons (Fsp3) is 0.625. The van der Waals surface area contributed by atoms with Gasteiger partial charge in [0, 0.05) is 24.3 Å². The molecule has 1 aromatic rings. The van der Waals surface area contributed by atoms with Gasteiger partial charge in [0.1, 0.15) is 5.82 Å². The van der Waals surface area contributed by atoms with Gasteiger partial charge in [-0.2, -0.15) is 0 Å². The predicted octanol–water partition coefficient (Wildman–Crippen LogP) is 2.99. The average Bonchev–Trinajstić information content (AvgIpc) is 2.41. The minimum absolute atomic E-state index is 0.0124. The number of nitrogens with zero attached hydrogens (tertiary/aromatic N) is 1. The lowest BCUT2D eigenvalue weighted by Gasteiger charge is -2.33. The van der Waals surface area contributed by atoms with Gasteiger partial charge in [-0.3, -0.25) is 4.79 Å². The summed E-state index contributed by atoms with van der Waals surface area (Å²) in [6.07, 6.45) is 3.48. The zero-order valence-corrected chi connectivity index (χ0v) is 12.9. The van der Waals surface area contributed by atoms with Gasteiger partial charge in [0.15, 0.2) is 0 Å². The van der Waals surface area contributed by atoms with Gasteiger partial charge in [-0.25, -0.2) is 4.98 Å². The summed E-state index contributed by atoms with van der Waals surface area (Å²) in [6.45, 7) is 6.43. The summed E-state index contributed by atoms with van der Waals surface area (Å²) in [6, 6.07) is 3.94. The number of nitrogens with one attached hydrogen (secondary N) is 2. The molecule has 1 aliphatic rings. The Morgan fingerprint density at radius 3 is 2.70 bits per heavy atom. The molecular weight excluding hydrogens is 250 g/mol. The molecule has 3 unspecified atom stereocenters. The lowest BCUT2D eigenvalue weighted by molar-refractivity contribution is 0.0899. The number of hydrogen-bond donors (Lipinski definition) is 2. The first-order valence-electron chi connectivity index (χ1n) is 7.47. The van der Waals surface area contributed by atoms with E-state index in [0.29, 0.717) is 17.5 Å². The minimum atomic E-state index is 0.0124. The van der Waals surface area contributed by atoms with E-state index in [1.807, 2.05) is 20.0 Å². The van der Waals surface area contributed by atoms with Gasteiger partial charge in [0.2, 0.25) is 0 Å². The molecule has 20 heavy (non-hydrogen) atoms. The zero-order valence-electron chi connectivity index (χ0n) is 12.9. The van der Waals surface area contributed by atoms with Crippen molar-refractivity contribution in [2.75, 3.05) is 12.4 Å². The van der Waals surface area contributed by atoms with Crippen molar-refractivity contribution in [1.29, 1.82) is 0 Å². The third kappa shape index (κ3) is 3.50. The second-order valence-electron chi connectivity index (χ2n) is 6.11. The molecule has 0 bridgehead atoms. The quantitative estimate of drug-likeness (QED) is 0.891. The Morgan fingerprint density at radius 2 is 2.05 bits per heavy atom. The van der Waals surface area contributed by atoms with Crippen molar-refractivity contribution in [2.24, 2.45) is 11.8 Å². The van der Waals surface area contributed by atoms with Gasteiger partial charge in [-0.05, 0) is 50.2 Å². The highest BCUT2D eigenvalue weighted by atomic mass is 16.1. The van der Waals surface area contributed by atoms with Crippen molar-refractivity contribution in [3.63, 3.8) is 0 Å². The number of hydrogen-bond acceptors (Lipinski definition) is 3. The summed E-state index contributed by atoms with van der Waals surface area (Å²) in [5.74, 6) is 2.07. The summed E-state index contributed by atoms with van der Waals surface area (Å²) >= 11 is 0. The molecule has 3 atom stereocenters. The van der Waals surface area contributed by atoms with Gasteiger partial charge in [-0.1, -0.05) is 13.8 Å². The average molecular weight is 275 g/mol. The SMILES string of the molecule is CNc1cc(C(=O)NC2CCC(C)CC2C)cc(C)n1. The molecule has 0 spiro atoms. The monoisotopic (exact) mass is 275 g/mol. The number of aromatic nitrogens is 1. The predicted molar refractivity (Wildman–Crippen MR) is 82.0 cm³/mol. The van der Waals surface area contributed by atoms with Crippen LogP contribution >= 0.6 is 0 Å². The van der Waals surface area contributed by atoms with Crippen LogP contribution in [0.1, 0.15) is 49.2 Å². The molecule has 110 valence electrons. The number of pyridine rings is 1. The molecule has 2 rings (SSSR count). The maximum Gasteiger partial charge on any atom is 0.251 e. The van der Waals surface area contributed by atoms with Crippen LogP contribution in [0.15, 0.2) is 12.1 Å². The molecule has 0 saturated heterocycles. The van der Waals surface area contributed by atoms with Crippen molar-refractivity contribution < 1.29 is 4.79 Å². The van der Waals surface area contributed by atoms with Gasteiger partial charge in [0.05, 0.1) is 0 Å². The number of anilines is 1. The topological polar surface area (TPSA) is 54.0 Å². The Hall–Kier alpha value is -1.58. The highest BCUT2D eigenvalue weighted by Crippen LogP contribution is 2.28. The summed E-state index contributed by atoms with van der Waals surface area (Å²) in [7, 11) is 1.81. The lowest BCUT2D eigenvalue weighted by atomic mass is 9.80. The Kier molecular flexibility index (Phi) is 4.63. The normalized spacial score (nSPS) is 26.1. The van der Waals surface area contributed by atoms with E-state index in [-0.39, 0.29) is 5.91 Å². The van der Waals surface area contributed by atoms with E-state index in [0.717, 1.165) is 23.9 Å². The van der Waals surface area contributed by atoms with Gasteiger partial charge >= 0.3 is 0 Å². The van der Waals surface area contributed by atoms with Crippen molar-refractivity contribution in [3.8, 4) is 0 Å². The van der Waals surface area contributed by atoms with Crippen LogP contribution in [0.2, 0.25) is 0 Å². The maximum atomic E-state index is 12.4. The largest absolute Gasteiger partial charge is 0.373 e. The fourth-order valence-corrected chi connectivity index (χ4v) is 3.06. The zero-order chi connectivity index (χ0) is 14.7. The molecule has 1 fully saturated rings. The van der Waals surface area contributed by atoms with E-state index in [9.17, 15) is 4.79 Å². The first-order chi connectivity index (χ1) is 9.49. The van der Waals surface area contributed by atoms with Crippen LogP contribution in [0.5, 0.6) is 0 Å². The molecule has 1 saturated carbocycles. The van der Waals surface area contributed by atoms with E-state index in [2.05, 4.69) is 29.5 Å². The summed E-state index contributed by atoms with van der Waals surface area (Å²) in [5.41, 5.74) is 1.54. The van der Waals surface area contributed by atoms with E-state index < -0.39 is 0 Å². The Balaban J connectivity index is 2.06. The highest BCUT2D eigenvalue weighted by Gasteiger charge is 2.26. The molecule has 1 aliphatic carbocycles. The molecular formula is C16H25N3O. The van der Waals surface area contributed by atoms with Crippen molar-refractivity contribution in [3.05, 3.63) is 23.4 Å². The number of carbonyl (C=O) groups is 1. The first kappa shape index (κ1) is 14.8. The van der Waals surface area contributed by atoms with Crippen LogP contribution in [0.25, 0.3) is 0 Å². The van der Waals surface area contributed by atoms with Gasteiger partial charge < -0.3 is 10.6 Å². The first-order valence-corrected chi connectivity index (χ1v) is 7.47.